The predicted octanol–water partition coefficient (Wildman–Crippen LogP) is 1.08. The smallest absolute Gasteiger partial charge is 0.256 e. The molecule has 6 heteroatoms. The fourth-order valence-electron chi connectivity index (χ4n) is 4.32. The highest BCUT2D eigenvalue weighted by molar-refractivity contribution is 5.96. The summed E-state index contributed by atoms with van der Waals surface area (Å²) in [7, 11) is 0. The average Bonchev–Trinajstić information content (AvgIpc) is 3.18. The van der Waals surface area contributed by atoms with Crippen molar-refractivity contribution >= 4 is 16.8 Å². The summed E-state index contributed by atoms with van der Waals surface area (Å²) >= 11 is 0. The zero-order chi connectivity index (χ0) is 15.6. The number of nitrogens with one attached hydrogen (secondary N) is 2. The van der Waals surface area contributed by atoms with Gasteiger partial charge < -0.3 is 15.0 Å². The number of ether oxygens (including phenoxy) is 1. The highest BCUT2D eigenvalue weighted by Crippen LogP contribution is 2.60. The van der Waals surface area contributed by atoms with Gasteiger partial charge in [-0.1, -0.05) is 0 Å². The van der Waals surface area contributed by atoms with Crippen molar-refractivity contribution < 1.29 is 9.53 Å². The summed E-state index contributed by atoms with van der Waals surface area (Å²) in [5, 5.41) is 3.35. The zero-order valence-electron chi connectivity index (χ0n) is 12.5. The largest absolute Gasteiger partial charge is 0.374 e. The minimum absolute atomic E-state index is 0.138. The highest BCUT2D eigenvalue weighted by Gasteiger charge is 2.62. The molecule has 4 heterocycles. The number of fused-ring (bicyclic) bond motifs is 6. The van der Waals surface area contributed by atoms with E-state index in [1.807, 2.05) is 0 Å². The molecule has 1 saturated carbocycles. The third-order valence-electron chi connectivity index (χ3n) is 5.57. The van der Waals surface area contributed by atoms with E-state index < -0.39 is 0 Å². The molecule has 5 atom stereocenters. The highest BCUT2D eigenvalue weighted by atomic mass is 16.5. The Balaban J connectivity index is 1.33. The molecule has 2 bridgehead atoms. The molecule has 3 fully saturated rings. The van der Waals surface area contributed by atoms with E-state index in [-0.39, 0.29) is 16.9 Å². The molecule has 2 saturated heterocycles. The summed E-state index contributed by atoms with van der Waals surface area (Å²) in [5.41, 5.74) is 0.539. The molecule has 1 aliphatic carbocycles. The standard InChI is InChI=1S/C17H17N3O3/c21-15-11-6-18-2-1-13(11)19-7-12(15)17(22)20-5-8-3-14-9-4-10(9)16(8)23-14/h1-2,6-10,14,16H,3-5H2,(H,19,21)(H,20,22)/t8-,9+,10-,14-,16+/m0/s1. The Morgan fingerprint density at radius 3 is 3.13 bits per heavy atom. The Hall–Kier alpha value is -2.21. The molecule has 3 aliphatic rings. The second-order valence-corrected chi connectivity index (χ2v) is 6.86. The number of rotatable bonds is 3. The van der Waals surface area contributed by atoms with Crippen molar-refractivity contribution in [1.82, 2.24) is 15.3 Å². The molecular weight excluding hydrogens is 294 g/mol. The van der Waals surface area contributed by atoms with Crippen LogP contribution < -0.4 is 10.7 Å². The van der Waals surface area contributed by atoms with Crippen molar-refractivity contribution in [3.8, 4) is 0 Å². The van der Waals surface area contributed by atoms with Crippen LogP contribution in [0.25, 0.3) is 10.9 Å². The molecule has 0 unspecified atom stereocenters. The number of hydrogen-bond acceptors (Lipinski definition) is 4. The lowest BCUT2D eigenvalue weighted by atomic mass is 9.89. The van der Waals surface area contributed by atoms with E-state index in [0.29, 0.717) is 41.5 Å². The molecule has 5 rings (SSSR count). The second-order valence-electron chi connectivity index (χ2n) is 6.86. The van der Waals surface area contributed by atoms with Gasteiger partial charge in [0.1, 0.15) is 5.56 Å². The van der Waals surface area contributed by atoms with Crippen molar-refractivity contribution in [2.75, 3.05) is 6.54 Å². The van der Waals surface area contributed by atoms with Crippen LogP contribution in [0.1, 0.15) is 23.2 Å². The van der Waals surface area contributed by atoms with Crippen LogP contribution in [0.2, 0.25) is 0 Å². The monoisotopic (exact) mass is 311 g/mol. The van der Waals surface area contributed by atoms with Gasteiger partial charge in [-0.25, -0.2) is 0 Å². The van der Waals surface area contributed by atoms with Gasteiger partial charge >= 0.3 is 0 Å². The van der Waals surface area contributed by atoms with E-state index in [9.17, 15) is 9.59 Å². The number of H-pyrrole nitrogens is 1. The first-order valence-electron chi connectivity index (χ1n) is 8.11. The van der Waals surface area contributed by atoms with Crippen LogP contribution in [0.5, 0.6) is 0 Å². The Kier molecular flexibility index (Phi) is 2.68. The maximum atomic E-state index is 12.4. The molecular formula is C17H17N3O3. The fourth-order valence-corrected chi connectivity index (χ4v) is 4.32. The number of aromatic amines is 1. The Bertz CT molecular complexity index is 862. The van der Waals surface area contributed by atoms with Crippen molar-refractivity contribution in [1.29, 1.82) is 0 Å². The van der Waals surface area contributed by atoms with Crippen LogP contribution in [-0.2, 0) is 4.74 Å². The SMILES string of the molecule is O=C(NC[C@@H]1C[C@@H]2O[C@H]1[C@H]1C[C@H]12)c1c[nH]c2ccncc2c1=O. The lowest BCUT2D eigenvalue weighted by Gasteiger charge is -2.18. The number of hydrogen-bond donors (Lipinski definition) is 2. The van der Waals surface area contributed by atoms with Gasteiger partial charge in [0.2, 0.25) is 5.43 Å². The number of carbonyl (C=O) groups is 1. The minimum atomic E-state index is -0.327. The van der Waals surface area contributed by atoms with Crippen LogP contribution in [0.15, 0.2) is 29.5 Å². The minimum Gasteiger partial charge on any atom is -0.374 e. The number of aromatic nitrogens is 2. The molecule has 2 N–H and O–H groups in total. The molecule has 1 amide bonds. The zero-order valence-corrected chi connectivity index (χ0v) is 12.5. The van der Waals surface area contributed by atoms with E-state index >= 15 is 0 Å². The van der Waals surface area contributed by atoms with Crippen LogP contribution in [0.3, 0.4) is 0 Å². The number of carbonyl (C=O) groups excluding carboxylic acids is 1. The molecule has 23 heavy (non-hydrogen) atoms. The molecule has 0 radical (unpaired) electrons. The van der Waals surface area contributed by atoms with Gasteiger partial charge in [0, 0.05) is 31.1 Å². The first-order chi connectivity index (χ1) is 11.2. The molecule has 118 valence electrons. The lowest BCUT2D eigenvalue weighted by molar-refractivity contribution is 0.0605. The first-order valence-corrected chi connectivity index (χ1v) is 8.11. The molecule has 2 aromatic rings. The third-order valence-corrected chi connectivity index (χ3v) is 5.57. The van der Waals surface area contributed by atoms with Gasteiger partial charge in [0.05, 0.1) is 23.1 Å². The quantitative estimate of drug-likeness (QED) is 0.888. The molecule has 2 aliphatic heterocycles. The summed E-state index contributed by atoms with van der Waals surface area (Å²) < 4.78 is 5.94. The summed E-state index contributed by atoms with van der Waals surface area (Å²) in [4.78, 5) is 31.7. The lowest BCUT2D eigenvalue weighted by Crippen LogP contribution is -2.36. The van der Waals surface area contributed by atoms with E-state index in [2.05, 4.69) is 15.3 Å². The third kappa shape index (κ3) is 1.94. The van der Waals surface area contributed by atoms with Gasteiger partial charge in [-0.3, -0.25) is 14.6 Å². The predicted molar refractivity (Wildman–Crippen MR) is 83.1 cm³/mol. The van der Waals surface area contributed by atoms with Gasteiger partial charge in [0.25, 0.3) is 5.91 Å². The van der Waals surface area contributed by atoms with Crippen molar-refractivity contribution in [2.45, 2.75) is 25.0 Å². The van der Waals surface area contributed by atoms with Crippen molar-refractivity contribution in [3.05, 3.63) is 40.4 Å². The van der Waals surface area contributed by atoms with Crippen LogP contribution in [0.4, 0.5) is 0 Å². The maximum absolute atomic E-state index is 12.4. The van der Waals surface area contributed by atoms with Crippen LogP contribution in [-0.4, -0.2) is 34.6 Å². The van der Waals surface area contributed by atoms with Gasteiger partial charge in [-0.2, -0.15) is 0 Å². The Morgan fingerprint density at radius 1 is 1.39 bits per heavy atom. The number of pyridine rings is 2. The molecule has 6 nitrogen and oxygen atoms in total. The molecule has 2 aromatic heterocycles. The van der Waals surface area contributed by atoms with E-state index in [1.54, 1.807) is 12.3 Å². The fraction of sp³-hybridized carbons (Fsp3) is 0.471. The first kappa shape index (κ1) is 13.2. The number of nitrogens with zero attached hydrogens (tertiary/aromatic N) is 1. The second kappa shape index (κ2) is 4.64. The molecule has 0 aromatic carbocycles. The summed E-state index contributed by atoms with van der Waals surface area (Å²) in [6.45, 7) is 0.577. The van der Waals surface area contributed by atoms with Gasteiger partial charge in [-0.15, -0.1) is 0 Å². The average molecular weight is 311 g/mol. The normalized spacial score (nSPS) is 33.7. The summed E-state index contributed by atoms with van der Waals surface area (Å²) in [5.74, 6) is 1.55. The number of amides is 1. The van der Waals surface area contributed by atoms with Gasteiger partial charge in [-0.05, 0) is 30.7 Å². The maximum Gasteiger partial charge on any atom is 0.256 e. The van der Waals surface area contributed by atoms with Crippen molar-refractivity contribution in [3.63, 3.8) is 0 Å². The van der Waals surface area contributed by atoms with E-state index in [0.717, 1.165) is 12.3 Å². The van der Waals surface area contributed by atoms with E-state index in [4.69, 9.17) is 4.74 Å². The topological polar surface area (TPSA) is 84.1 Å². The van der Waals surface area contributed by atoms with E-state index in [1.165, 1.54) is 18.8 Å². The summed E-state index contributed by atoms with van der Waals surface area (Å²) in [6, 6.07) is 1.72. The Morgan fingerprint density at radius 2 is 2.30 bits per heavy atom. The summed E-state index contributed by atoms with van der Waals surface area (Å²) in [6.07, 6.45) is 7.61. The van der Waals surface area contributed by atoms with Crippen LogP contribution >= 0.6 is 0 Å². The van der Waals surface area contributed by atoms with Crippen molar-refractivity contribution in [2.24, 2.45) is 17.8 Å². The Labute approximate surface area is 132 Å². The van der Waals surface area contributed by atoms with Crippen LogP contribution in [0, 0.1) is 17.8 Å². The molecule has 0 spiro atoms. The van der Waals surface area contributed by atoms with Gasteiger partial charge in [0.15, 0.2) is 0 Å².